The molecule has 0 aromatic heterocycles. The molecule has 2 rings (SSSR count). The van der Waals surface area contributed by atoms with E-state index in [1.54, 1.807) is 0 Å². The number of nitrogen functional groups attached to an aromatic ring is 1. The molecule has 2 aromatic carbocycles. The van der Waals surface area contributed by atoms with Gasteiger partial charge < -0.3 is 11.1 Å². The smallest absolute Gasteiger partial charge is 0.234 e. The van der Waals surface area contributed by atoms with Gasteiger partial charge in [0.1, 0.15) is 0 Å². The fraction of sp³-hybridized carbons (Fsp3) is 0.235. The van der Waals surface area contributed by atoms with Gasteiger partial charge in [-0.3, -0.25) is 4.79 Å². The Hall–Kier alpha value is -1.94. The maximum atomic E-state index is 12.1. The van der Waals surface area contributed by atoms with Crippen molar-refractivity contribution in [2.75, 3.05) is 16.8 Å². The number of carbonyl (C=O) groups is 1. The Morgan fingerprint density at radius 2 is 1.95 bits per heavy atom. The summed E-state index contributed by atoms with van der Waals surface area (Å²) in [5.41, 5.74) is 10.9. The molecule has 0 atom stereocenters. The number of anilines is 2. The van der Waals surface area contributed by atoms with Gasteiger partial charge in [0, 0.05) is 16.3 Å². The Morgan fingerprint density at radius 3 is 2.67 bits per heavy atom. The van der Waals surface area contributed by atoms with Crippen LogP contribution in [0, 0.1) is 20.8 Å². The number of amides is 1. The first-order chi connectivity index (χ1) is 9.97. The van der Waals surface area contributed by atoms with Crippen molar-refractivity contribution in [3.8, 4) is 0 Å². The minimum absolute atomic E-state index is 0.0197. The van der Waals surface area contributed by atoms with Crippen LogP contribution in [0.1, 0.15) is 16.7 Å². The number of nitrogens with two attached hydrogens (primary N) is 1. The molecule has 2 aromatic rings. The predicted molar refractivity (Wildman–Crippen MR) is 90.9 cm³/mol. The predicted octanol–water partition coefficient (Wildman–Crippen LogP) is 3.92. The molecule has 1 amide bonds. The molecule has 0 bridgehead atoms. The summed E-state index contributed by atoms with van der Waals surface area (Å²) in [6, 6.07) is 11.8. The van der Waals surface area contributed by atoms with Crippen LogP contribution in [0.3, 0.4) is 0 Å². The van der Waals surface area contributed by atoms with E-state index < -0.39 is 0 Å². The van der Waals surface area contributed by atoms with Crippen LogP contribution in [-0.2, 0) is 4.79 Å². The number of hydrogen-bond donors (Lipinski definition) is 2. The number of nitrogens with one attached hydrogen (secondary N) is 1. The minimum Gasteiger partial charge on any atom is -0.398 e. The van der Waals surface area contributed by atoms with Gasteiger partial charge in [0.2, 0.25) is 5.91 Å². The summed E-state index contributed by atoms with van der Waals surface area (Å²) in [5.74, 6) is 0.328. The van der Waals surface area contributed by atoms with Gasteiger partial charge in [0.05, 0.1) is 5.75 Å². The Labute approximate surface area is 129 Å². The van der Waals surface area contributed by atoms with Crippen molar-refractivity contribution in [1.29, 1.82) is 0 Å². The summed E-state index contributed by atoms with van der Waals surface area (Å²) in [6.45, 7) is 6.04. The van der Waals surface area contributed by atoms with Crippen molar-refractivity contribution in [3.05, 3.63) is 53.1 Å². The van der Waals surface area contributed by atoms with Gasteiger partial charge in [-0.2, -0.15) is 0 Å². The molecule has 0 heterocycles. The van der Waals surface area contributed by atoms with Crippen LogP contribution in [0.4, 0.5) is 11.4 Å². The number of hydrogen-bond acceptors (Lipinski definition) is 3. The third kappa shape index (κ3) is 4.02. The molecule has 0 saturated heterocycles. The zero-order valence-corrected chi connectivity index (χ0v) is 13.4. The highest BCUT2D eigenvalue weighted by atomic mass is 32.2. The highest BCUT2D eigenvalue weighted by Gasteiger charge is 2.08. The summed E-state index contributed by atoms with van der Waals surface area (Å²) in [6.07, 6.45) is 0. The molecule has 0 aliphatic heterocycles. The molecular weight excluding hydrogens is 280 g/mol. The fourth-order valence-corrected chi connectivity index (χ4v) is 2.76. The summed E-state index contributed by atoms with van der Waals surface area (Å²) < 4.78 is 0. The highest BCUT2D eigenvalue weighted by molar-refractivity contribution is 8.00. The van der Waals surface area contributed by atoms with E-state index in [9.17, 15) is 4.79 Å². The van der Waals surface area contributed by atoms with Crippen molar-refractivity contribution in [2.24, 2.45) is 0 Å². The van der Waals surface area contributed by atoms with E-state index in [-0.39, 0.29) is 5.91 Å². The second-order valence-corrected chi connectivity index (χ2v) is 6.14. The normalized spacial score (nSPS) is 10.4. The van der Waals surface area contributed by atoms with E-state index in [1.807, 2.05) is 57.2 Å². The van der Waals surface area contributed by atoms with Crippen molar-refractivity contribution < 1.29 is 4.79 Å². The van der Waals surface area contributed by atoms with E-state index in [1.165, 1.54) is 17.3 Å². The SMILES string of the molecule is Cc1ccc(SCC(=O)Nc2cccc(C)c2C)c(N)c1. The van der Waals surface area contributed by atoms with Gasteiger partial charge in [-0.1, -0.05) is 18.2 Å². The van der Waals surface area contributed by atoms with Gasteiger partial charge in [-0.15, -0.1) is 11.8 Å². The van der Waals surface area contributed by atoms with Crippen molar-refractivity contribution >= 4 is 29.0 Å². The first-order valence-corrected chi connectivity index (χ1v) is 7.81. The quantitative estimate of drug-likeness (QED) is 0.664. The molecule has 0 spiro atoms. The molecule has 0 radical (unpaired) electrons. The van der Waals surface area contributed by atoms with Crippen LogP contribution in [0.25, 0.3) is 0 Å². The summed E-state index contributed by atoms with van der Waals surface area (Å²) in [5, 5.41) is 2.95. The van der Waals surface area contributed by atoms with E-state index in [4.69, 9.17) is 5.73 Å². The lowest BCUT2D eigenvalue weighted by Crippen LogP contribution is -2.15. The standard InChI is InChI=1S/C17H20N2OS/c1-11-7-8-16(14(18)9-11)21-10-17(20)19-15-6-4-5-12(2)13(15)3/h4-9H,10,18H2,1-3H3,(H,19,20). The Kier molecular flexibility index (Phi) is 4.91. The zero-order chi connectivity index (χ0) is 15.4. The van der Waals surface area contributed by atoms with Crippen LogP contribution in [-0.4, -0.2) is 11.7 Å². The van der Waals surface area contributed by atoms with Gasteiger partial charge in [0.25, 0.3) is 0 Å². The monoisotopic (exact) mass is 300 g/mol. The number of rotatable bonds is 4. The molecule has 3 N–H and O–H groups in total. The lowest BCUT2D eigenvalue weighted by molar-refractivity contribution is -0.113. The lowest BCUT2D eigenvalue weighted by Gasteiger charge is -2.11. The maximum Gasteiger partial charge on any atom is 0.234 e. The zero-order valence-electron chi connectivity index (χ0n) is 12.6. The van der Waals surface area contributed by atoms with E-state index in [0.717, 1.165) is 27.4 Å². The molecule has 21 heavy (non-hydrogen) atoms. The number of thioether (sulfide) groups is 1. The average Bonchev–Trinajstić information content (AvgIpc) is 2.43. The summed E-state index contributed by atoms with van der Waals surface area (Å²) in [4.78, 5) is 13.0. The Bertz CT molecular complexity index is 668. The fourth-order valence-electron chi connectivity index (χ4n) is 2.02. The van der Waals surface area contributed by atoms with Crippen LogP contribution in [0.2, 0.25) is 0 Å². The van der Waals surface area contributed by atoms with E-state index >= 15 is 0 Å². The lowest BCUT2D eigenvalue weighted by atomic mass is 10.1. The third-order valence-corrected chi connectivity index (χ3v) is 4.49. The van der Waals surface area contributed by atoms with E-state index in [0.29, 0.717) is 5.75 Å². The molecule has 0 saturated carbocycles. The number of benzene rings is 2. The van der Waals surface area contributed by atoms with Crippen LogP contribution in [0.5, 0.6) is 0 Å². The van der Waals surface area contributed by atoms with Crippen molar-refractivity contribution in [3.63, 3.8) is 0 Å². The largest absolute Gasteiger partial charge is 0.398 e. The first-order valence-electron chi connectivity index (χ1n) is 6.82. The molecule has 110 valence electrons. The second-order valence-electron chi connectivity index (χ2n) is 5.13. The number of aryl methyl sites for hydroxylation is 2. The second kappa shape index (κ2) is 6.68. The van der Waals surface area contributed by atoms with Gasteiger partial charge in [-0.25, -0.2) is 0 Å². The maximum absolute atomic E-state index is 12.1. The molecule has 4 heteroatoms. The van der Waals surface area contributed by atoms with Gasteiger partial charge in [-0.05, 0) is 55.7 Å². The highest BCUT2D eigenvalue weighted by Crippen LogP contribution is 2.26. The molecule has 3 nitrogen and oxygen atoms in total. The molecule has 0 aliphatic rings. The van der Waals surface area contributed by atoms with Gasteiger partial charge in [0.15, 0.2) is 0 Å². The van der Waals surface area contributed by atoms with Crippen LogP contribution >= 0.6 is 11.8 Å². The summed E-state index contributed by atoms with van der Waals surface area (Å²) >= 11 is 1.46. The van der Waals surface area contributed by atoms with Gasteiger partial charge >= 0.3 is 0 Å². The molecule has 0 unspecified atom stereocenters. The van der Waals surface area contributed by atoms with Crippen LogP contribution < -0.4 is 11.1 Å². The molecule has 0 aliphatic carbocycles. The average molecular weight is 300 g/mol. The molecular formula is C17H20N2OS. The summed E-state index contributed by atoms with van der Waals surface area (Å²) in [7, 11) is 0. The van der Waals surface area contributed by atoms with E-state index in [2.05, 4.69) is 5.32 Å². The topological polar surface area (TPSA) is 55.1 Å². The number of carbonyl (C=O) groups excluding carboxylic acids is 1. The Balaban J connectivity index is 1.97. The van der Waals surface area contributed by atoms with Crippen molar-refractivity contribution in [2.45, 2.75) is 25.7 Å². The third-order valence-electron chi connectivity index (χ3n) is 3.40. The first kappa shape index (κ1) is 15.4. The minimum atomic E-state index is -0.0197. The van der Waals surface area contributed by atoms with Crippen molar-refractivity contribution in [1.82, 2.24) is 0 Å². The van der Waals surface area contributed by atoms with Crippen LogP contribution in [0.15, 0.2) is 41.3 Å². The Morgan fingerprint density at radius 1 is 1.19 bits per heavy atom. The molecule has 0 fully saturated rings.